The van der Waals surface area contributed by atoms with E-state index < -0.39 is 0 Å². The van der Waals surface area contributed by atoms with E-state index in [1.54, 1.807) is 0 Å². The van der Waals surface area contributed by atoms with Gasteiger partial charge in [-0.15, -0.1) is 0 Å². The Hall–Kier alpha value is -0.0800. The van der Waals surface area contributed by atoms with Crippen molar-refractivity contribution in [3.05, 3.63) is 0 Å². The van der Waals surface area contributed by atoms with Crippen LogP contribution in [-0.2, 0) is 0 Å². The van der Waals surface area contributed by atoms with Crippen LogP contribution in [0.25, 0.3) is 0 Å². The third-order valence-electron chi connectivity index (χ3n) is 3.10. The van der Waals surface area contributed by atoms with Crippen molar-refractivity contribution < 1.29 is 0 Å². The van der Waals surface area contributed by atoms with Crippen LogP contribution in [0.15, 0.2) is 0 Å². The summed E-state index contributed by atoms with van der Waals surface area (Å²) in [5, 5.41) is 7.09. The molecule has 0 radical (unpaired) electrons. The molecule has 2 heteroatoms. The molecule has 14 heavy (non-hydrogen) atoms. The summed E-state index contributed by atoms with van der Waals surface area (Å²) in [6.07, 6.45) is 2.34. The van der Waals surface area contributed by atoms with Crippen LogP contribution in [0.1, 0.15) is 54.4 Å². The second kappa shape index (κ2) is 5.72. The molecule has 0 aromatic heterocycles. The molecule has 0 aromatic carbocycles. The van der Waals surface area contributed by atoms with Gasteiger partial charge in [0.25, 0.3) is 0 Å². The predicted molar refractivity (Wildman–Crippen MR) is 64.7 cm³/mol. The normalized spacial score (nSPS) is 13.3. The van der Waals surface area contributed by atoms with Gasteiger partial charge in [-0.25, -0.2) is 0 Å². The fraction of sp³-hybridized carbons (Fsp3) is 1.00. The molecule has 0 aliphatic heterocycles. The second-order valence-electron chi connectivity index (χ2n) is 5.33. The van der Waals surface area contributed by atoms with E-state index in [-0.39, 0.29) is 11.1 Å². The second-order valence-corrected chi connectivity index (χ2v) is 5.33. The molecule has 0 atom stereocenters. The fourth-order valence-electron chi connectivity index (χ4n) is 1.05. The van der Waals surface area contributed by atoms with Crippen LogP contribution in [0.5, 0.6) is 0 Å². The minimum atomic E-state index is 0.276. The van der Waals surface area contributed by atoms with E-state index in [4.69, 9.17) is 0 Å². The lowest BCUT2D eigenvalue weighted by molar-refractivity contribution is 0.338. The molecule has 0 rings (SSSR count). The maximum Gasteiger partial charge on any atom is 0.0123 e. The Morgan fingerprint density at radius 2 is 1.00 bits per heavy atom. The first-order valence-electron chi connectivity index (χ1n) is 5.83. The van der Waals surface area contributed by atoms with Crippen LogP contribution in [0.4, 0.5) is 0 Å². The molecule has 0 unspecified atom stereocenters. The van der Waals surface area contributed by atoms with Crippen molar-refractivity contribution in [2.75, 3.05) is 13.1 Å². The van der Waals surface area contributed by atoms with Crippen molar-refractivity contribution >= 4 is 0 Å². The first-order valence-corrected chi connectivity index (χ1v) is 5.83. The third kappa shape index (κ3) is 6.39. The Morgan fingerprint density at radius 3 is 1.21 bits per heavy atom. The molecule has 86 valence electrons. The lowest BCUT2D eigenvalue weighted by Gasteiger charge is -2.28. The van der Waals surface area contributed by atoms with Crippen LogP contribution >= 0.6 is 0 Å². The van der Waals surface area contributed by atoms with E-state index in [1.807, 2.05) is 0 Å². The number of rotatable bonds is 7. The zero-order chi connectivity index (χ0) is 11.2. The average Bonchev–Trinajstić information content (AvgIpc) is 2.13. The molecule has 0 aliphatic carbocycles. The van der Waals surface area contributed by atoms with Gasteiger partial charge < -0.3 is 10.6 Å². The highest BCUT2D eigenvalue weighted by molar-refractivity contribution is 4.78. The van der Waals surface area contributed by atoms with Crippen LogP contribution in [0.3, 0.4) is 0 Å². The van der Waals surface area contributed by atoms with Crippen molar-refractivity contribution in [1.82, 2.24) is 10.6 Å². The highest BCUT2D eigenvalue weighted by atomic mass is 15.0. The summed E-state index contributed by atoms with van der Waals surface area (Å²) in [5.74, 6) is 0. The largest absolute Gasteiger partial charge is 0.311 e. The van der Waals surface area contributed by atoms with Gasteiger partial charge in [0.15, 0.2) is 0 Å². The van der Waals surface area contributed by atoms with Crippen molar-refractivity contribution in [1.29, 1.82) is 0 Å². The van der Waals surface area contributed by atoms with Crippen LogP contribution in [-0.4, -0.2) is 24.2 Å². The molecule has 0 saturated heterocycles. The molecule has 0 bridgehead atoms. The summed E-state index contributed by atoms with van der Waals surface area (Å²) in [5.41, 5.74) is 0.552. The summed E-state index contributed by atoms with van der Waals surface area (Å²) in [7, 11) is 0. The van der Waals surface area contributed by atoms with Crippen molar-refractivity contribution in [3.8, 4) is 0 Å². The van der Waals surface area contributed by atoms with Gasteiger partial charge in [-0.05, 0) is 40.5 Å². The fourth-order valence-corrected chi connectivity index (χ4v) is 1.05. The van der Waals surface area contributed by atoms with Gasteiger partial charge >= 0.3 is 0 Å². The number of hydrogen-bond acceptors (Lipinski definition) is 2. The zero-order valence-electron chi connectivity index (χ0n) is 10.8. The van der Waals surface area contributed by atoms with Gasteiger partial charge in [-0.3, -0.25) is 0 Å². The number of nitrogens with one attached hydrogen (secondary N) is 2. The Labute approximate surface area is 89.9 Å². The van der Waals surface area contributed by atoms with E-state index in [0.717, 1.165) is 13.1 Å². The third-order valence-corrected chi connectivity index (χ3v) is 3.10. The maximum atomic E-state index is 3.54. The highest BCUT2D eigenvalue weighted by Gasteiger charge is 2.15. The smallest absolute Gasteiger partial charge is 0.0123 e. The summed E-state index contributed by atoms with van der Waals surface area (Å²) in [6.45, 7) is 15.5. The lowest BCUT2D eigenvalue weighted by Crippen LogP contribution is -2.46. The minimum absolute atomic E-state index is 0.276. The van der Waals surface area contributed by atoms with Gasteiger partial charge in [0.1, 0.15) is 0 Å². The summed E-state index contributed by atoms with van der Waals surface area (Å²) >= 11 is 0. The summed E-state index contributed by atoms with van der Waals surface area (Å²) in [6, 6.07) is 0. The van der Waals surface area contributed by atoms with Crippen molar-refractivity contribution in [2.24, 2.45) is 0 Å². The van der Waals surface area contributed by atoms with Gasteiger partial charge in [0, 0.05) is 24.2 Å². The molecular weight excluding hydrogens is 172 g/mol. The minimum Gasteiger partial charge on any atom is -0.311 e. The Bertz CT molecular complexity index is 132. The molecule has 2 nitrogen and oxygen atoms in total. The summed E-state index contributed by atoms with van der Waals surface area (Å²) in [4.78, 5) is 0. The van der Waals surface area contributed by atoms with Crippen molar-refractivity contribution in [3.63, 3.8) is 0 Å². The van der Waals surface area contributed by atoms with E-state index in [9.17, 15) is 0 Å². The van der Waals surface area contributed by atoms with Gasteiger partial charge in [-0.2, -0.15) is 0 Å². The van der Waals surface area contributed by atoms with Gasteiger partial charge in [0.2, 0.25) is 0 Å². The van der Waals surface area contributed by atoms with Gasteiger partial charge in [0.05, 0.1) is 0 Å². The first-order chi connectivity index (χ1) is 6.33. The predicted octanol–water partition coefficient (Wildman–Crippen LogP) is 2.54. The molecule has 0 amide bonds. The molecule has 0 saturated carbocycles. The average molecular weight is 200 g/mol. The topological polar surface area (TPSA) is 24.1 Å². The van der Waals surface area contributed by atoms with E-state index in [2.05, 4.69) is 52.2 Å². The standard InChI is InChI=1S/C12H28N2/c1-7-11(3,4)13-9-10-14-12(5,6)8-2/h13-14H,7-10H2,1-6H3. The van der Waals surface area contributed by atoms with E-state index >= 15 is 0 Å². The molecule has 0 spiro atoms. The number of hydrogen-bond donors (Lipinski definition) is 2. The monoisotopic (exact) mass is 200 g/mol. The quantitative estimate of drug-likeness (QED) is 0.617. The molecule has 0 aromatic rings. The Morgan fingerprint density at radius 1 is 0.714 bits per heavy atom. The van der Waals surface area contributed by atoms with Gasteiger partial charge in [-0.1, -0.05) is 13.8 Å². The Kier molecular flexibility index (Phi) is 5.68. The van der Waals surface area contributed by atoms with Crippen LogP contribution < -0.4 is 10.6 Å². The molecular formula is C12H28N2. The Balaban J connectivity index is 3.57. The highest BCUT2D eigenvalue weighted by Crippen LogP contribution is 2.07. The van der Waals surface area contributed by atoms with E-state index in [1.165, 1.54) is 12.8 Å². The maximum absolute atomic E-state index is 3.54. The van der Waals surface area contributed by atoms with Crippen molar-refractivity contribution in [2.45, 2.75) is 65.5 Å². The molecule has 0 heterocycles. The lowest BCUT2D eigenvalue weighted by atomic mass is 10.0. The zero-order valence-corrected chi connectivity index (χ0v) is 10.8. The first kappa shape index (κ1) is 13.9. The van der Waals surface area contributed by atoms with E-state index in [0.29, 0.717) is 0 Å². The summed E-state index contributed by atoms with van der Waals surface area (Å²) < 4.78 is 0. The van der Waals surface area contributed by atoms with Crippen LogP contribution in [0.2, 0.25) is 0 Å². The van der Waals surface area contributed by atoms with Crippen LogP contribution in [0, 0.1) is 0 Å². The SMILES string of the molecule is CCC(C)(C)NCCNC(C)(C)CC. The molecule has 0 aliphatic rings. The molecule has 2 N–H and O–H groups in total. The molecule has 0 fully saturated rings.